The summed E-state index contributed by atoms with van der Waals surface area (Å²) >= 11 is 0. The summed E-state index contributed by atoms with van der Waals surface area (Å²) in [5, 5.41) is 36.6. The molecule has 10 nitrogen and oxygen atoms in total. The number of carboxylic acids is 3. The average Bonchev–Trinajstić information content (AvgIpc) is 2.64. The zero-order valence-electron chi connectivity index (χ0n) is 20.2. The molecule has 0 rings (SSSR count). The Kier molecular flexibility index (Phi) is 32.7. The van der Waals surface area contributed by atoms with Gasteiger partial charge in [-0.3, -0.25) is 9.80 Å². The predicted molar refractivity (Wildman–Crippen MR) is 102 cm³/mol. The summed E-state index contributed by atoms with van der Waals surface area (Å²) in [6.45, 7) is 6.72. The molecule has 0 heterocycles. The second kappa shape index (κ2) is 25.7. The van der Waals surface area contributed by atoms with Gasteiger partial charge >= 0.3 is 99.1 Å². The normalized spacial score (nSPS) is 11.4. The maximum atomic E-state index is 11.8. The number of unbranched alkanes of at least 4 members (excludes halogenated alkanes) is 1. The van der Waals surface area contributed by atoms with Crippen molar-refractivity contribution in [3.8, 4) is 0 Å². The van der Waals surface area contributed by atoms with E-state index < -0.39 is 37.0 Å². The van der Waals surface area contributed by atoms with Crippen LogP contribution in [0, 0.1) is 39.9 Å². The molecule has 0 saturated heterocycles. The van der Waals surface area contributed by atoms with Crippen molar-refractivity contribution in [2.24, 2.45) is 0 Å². The molecular formula is C19H35GdN4Na2O6+2. The Morgan fingerprint density at radius 3 is 1.66 bits per heavy atom. The summed E-state index contributed by atoms with van der Waals surface area (Å²) in [5.41, 5.74) is 0. The smallest absolute Gasteiger partial charge is 0.549 e. The van der Waals surface area contributed by atoms with Crippen molar-refractivity contribution in [3.05, 3.63) is 0 Å². The largest absolute Gasteiger partial charge is 3.00 e. The van der Waals surface area contributed by atoms with Gasteiger partial charge in [-0.1, -0.05) is 20.3 Å². The summed E-state index contributed by atoms with van der Waals surface area (Å²) in [5.74, 6) is -3.98. The van der Waals surface area contributed by atoms with Crippen LogP contribution in [0.5, 0.6) is 0 Å². The average molecular weight is 619 g/mol. The molecular weight excluding hydrogens is 583 g/mol. The molecule has 0 spiro atoms. The Bertz CT molecular complexity index is 488. The first-order valence-electron chi connectivity index (χ1n) is 10.2. The minimum atomic E-state index is -1.40. The van der Waals surface area contributed by atoms with Gasteiger partial charge in [0, 0.05) is 45.3 Å². The third-order valence-corrected chi connectivity index (χ3v) is 4.87. The Morgan fingerprint density at radius 1 is 0.812 bits per heavy atom. The van der Waals surface area contributed by atoms with Gasteiger partial charge in [-0.25, -0.2) is 0 Å². The first-order valence-corrected chi connectivity index (χ1v) is 10.2. The van der Waals surface area contributed by atoms with Crippen LogP contribution in [0.2, 0.25) is 0 Å². The molecule has 0 aromatic carbocycles. The first-order chi connectivity index (χ1) is 13.7. The van der Waals surface area contributed by atoms with E-state index in [1.54, 1.807) is 4.90 Å². The fourth-order valence-corrected chi connectivity index (χ4v) is 3.17. The Morgan fingerprint density at radius 2 is 1.28 bits per heavy atom. The number of nitrogens with one attached hydrogen (secondary N) is 1. The van der Waals surface area contributed by atoms with Gasteiger partial charge in [0.25, 0.3) is 0 Å². The molecule has 175 valence electrons. The SMILES string of the molecule is CCN(CC)CCN(CCN(CC(=O)[O-])CC(=O)[O-])C(CCCCNC)C(=O)[O-].[Gd+3].[Na+].[Na+]. The van der Waals surface area contributed by atoms with E-state index in [-0.39, 0.29) is 112 Å². The van der Waals surface area contributed by atoms with E-state index in [1.165, 1.54) is 4.90 Å². The van der Waals surface area contributed by atoms with Crippen LogP contribution >= 0.6 is 0 Å². The zero-order valence-corrected chi connectivity index (χ0v) is 26.5. The maximum Gasteiger partial charge on any atom is 3.00 e. The van der Waals surface area contributed by atoms with E-state index in [2.05, 4.69) is 10.2 Å². The molecule has 0 aliphatic rings. The van der Waals surface area contributed by atoms with Crippen LogP contribution < -0.4 is 79.8 Å². The Labute approximate surface area is 268 Å². The van der Waals surface area contributed by atoms with Crippen LogP contribution in [0.4, 0.5) is 0 Å². The van der Waals surface area contributed by atoms with E-state index >= 15 is 0 Å². The van der Waals surface area contributed by atoms with Gasteiger partial charge in [-0.05, 0) is 39.5 Å². The number of hydrogen-bond donors (Lipinski definition) is 1. The maximum absolute atomic E-state index is 11.8. The van der Waals surface area contributed by atoms with Crippen molar-refractivity contribution in [3.63, 3.8) is 0 Å². The standard InChI is InChI=1S/C19H38N4O6.Gd.2Na/c1-4-21(5-2)10-12-23(16(19(28)29)8-6-7-9-20-3)13-11-22(14-17(24)25)15-18(26)27;;;/h16,20H,4-15H2,1-3H3,(H,24,25)(H,26,27)(H,28,29);;;/q;+3;2*+1/p-3. The molecule has 13 heteroatoms. The summed E-state index contributed by atoms with van der Waals surface area (Å²) < 4.78 is 0. The number of hydrogen-bond acceptors (Lipinski definition) is 10. The van der Waals surface area contributed by atoms with Crippen molar-refractivity contribution in [1.82, 2.24) is 20.0 Å². The summed E-state index contributed by atoms with van der Waals surface area (Å²) in [7, 11) is 1.83. The summed E-state index contributed by atoms with van der Waals surface area (Å²) in [6, 6.07) is -0.824. The van der Waals surface area contributed by atoms with Crippen molar-refractivity contribution >= 4 is 17.9 Å². The topological polar surface area (TPSA) is 142 Å². The van der Waals surface area contributed by atoms with Gasteiger partial charge in [0.15, 0.2) is 0 Å². The van der Waals surface area contributed by atoms with E-state index in [1.807, 2.05) is 20.9 Å². The Hall–Kier alpha value is 1.57. The minimum absolute atomic E-state index is 0. The Balaban J connectivity index is -0.00000131. The molecule has 0 aromatic rings. The van der Waals surface area contributed by atoms with Gasteiger partial charge in [0.2, 0.25) is 0 Å². The van der Waals surface area contributed by atoms with Gasteiger partial charge in [-0.2, -0.15) is 0 Å². The van der Waals surface area contributed by atoms with E-state index in [0.717, 1.165) is 26.1 Å². The number of carbonyl (C=O) groups excluding carboxylic acids is 3. The third-order valence-electron chi connectivity index (χ3n) is 4.87. The second-order valence-corrected chi connectivity index (χ2v) is 6.95. The number of likely N-dealkylation sites (N-methyl/N-ethyl adjacent to an activating group) is 1. The fourth-order valence-electron chi connectivity index (χ4n) is 3.17. The number of nitrogens with zero attached hydrogens (tertiary/aromatic N) is 3. The third kappa shape index (κ3) is 20.9. The fraction of sp³-hybridized carbons (Fsp3) is 0.842. The van der Waals surface area contributed by atoms with Crippen molar-refractivity contribution in [1.29, 1.82) is 0 Å². The van der Waals surface area contributed by atoms with Crippen LogP contribution in [0.1, 0.15) is 33.1 Å². The second-order valence-electron chi connectivity index (χ2n) is 6.95. The predicted octanol–water partition coefficient (Wildman–Crippen LogP) is -10.1. The van der Waals surface area contributed by atoms with Gasteiger partial charge in [0.05, 0.1) is 17.9 Å². The molecule has 32 heavy (non-hydrogen) atoms. The number of carboxylic acid groups (broad SMARTS) is 3. The van der Waals surface area contributed by atoms with Gasteiger partial charge < -0.3 is 39.9 Å². The van der Waals surface area contributed by atoms with Crippen molar-refractivity contribution < 1.29 is 129 Å². The monoisotopic (exact) mass is 619 g/mol. The van der Waals surface area contributed by atoms with E-state index in [4.69, 9.17) is 0 Å². The molecule has 0 aliphatic heterocycles. The molecule has 1 unspecified atom stereocenters. The summed E-state index contributed by atoms with van der Waals surface area (Å²) in [4.78, 5) is 38.6. The quantitative estimate of drug-likeness (QED) is 0.110. The molecule has 0 amide bonds. The number of aliphatic carboxylic acids is 3. The molecule has 1 radical (unpaired) electrons. The number of rotatable bonds is 19. The van der Waals surface area contributed by atoms with E-state index in [0.29, 0.717) is 25.9 Å². The molecule has 0 aromatic heterocycles. The molecule has 0 fully saturated rings. The molecule has 0 saturated carbocycles. The van der Waals surface area contributed by atoms with Gasteiger partial charge in [0.1, 0.15) is 0 Å². The zero-order chi connectivity index (χ0) is 22.2. The van der Waals surface area contributed by atoms with Gasteiger partial charge in [-0.15, -0.1) is 0 Å². The number of carbonyl (C=O) groups is 3. The minimum Gasteiger partial charge on any atom is -0.549 e. The van der Waals surface area contributed by atoms with E-state index in [9.17, 15) is 29.7 Å². The van der Waals surface area contributed by atoms with Crippen LogP contribution in [0.25, 0.3) is 0 Å². The molecule has 1 N–H and O–H groups in total. The molecule has 0 aliphatic carbocycles. The van der Waals surface area contributed by atoms with Crippen LogP contribution in [0.3, 0.4) is 0 Å². The van der Waals surface area contributed by atoms with Crippen LogP contribution in [-0.2, 0) is 14.4 Å². The van der Waals surface area contributed by atoms with Crippen molar-refractivity contribution in [2.45, 2.75) is 39.2 Å². The van der Waals surface area contributed by atoms with Crippen LogP contribution in [0.15, 0.2) is 0 Å². The van der Waals surface area contributed by atoms with Crippen LogP contribution in [-0.4, -0.2) is 105 Å². The molecule has 1 atom stereocenters. The first kappa shape index (κ1) is 40.7. The summed E-state index contributed by atoms with van der Waals surface area (Å²) in [6.07, 6.45) is 1.93. The molecule has 0 bridgehead atoms. The van der Waals surface area contributed by atoms with Crippen molar-refractivity contribution in [2.75, 3.05) is 66.0 Å².